The summed E-state index contributed by atoms with van der Waals surface area (Å²) in [5.74, 6) is -0.421. The van der Waals surface area contributed by atoms with Gasteiger partial charge in [-0.2, -0.15) is 5.26 Å². The summed E-state index contributed by atoms with van der Waals surface area (Å²) in [7, 11) is 0. The zero-order chi connectivity index (χ0) is 14.7. The maximum absolute atomic E-state index is 13.2. The van der Waals surface area contributed by atoms with Gasteiger partial charge in [0.15, 0.2) is 0 Å². The fourth-order valence-electron chi connectivity index (χ4n) is 1.73. The summed E-state index contributed by atoms with van der Waals surface area (Å²) in [6.45, 7) is 0. The number of hydrogen-bond donors (Lipinski definition) is 2. The van der Waals surface area contributed by atoms with Crippen LogP contribution in [0.15, 0.2) is 34.8 Å². The number of halogens is 3. The molecule has 0 radical (unpaired) electrons. The van der Waals surface area contributed by atoms with Crippen molar-refractivity contribution in [3.05, 3.63) is 51.2 Å². The third-order valence-corrected chi connectivity index (χ3v) is 3.61. The Balaban J connectivity index is 2.36. The van der Waals surface area contributed by atoms with Crippen molar-refractivity contribution in [1.82, 2.24) is 0 Å². The molecule has 3 nitrogen and oxygen atoms in total. The van der Waals surface area contributed by atoms with Crippen molar-refractivity contribution >= 4 is 44.6 Å². The van der Waals surface area contributed by atoms with E-state index in [4.69, 9.17) is 22.6 Å². The van der Waals surface area contributed by atoms with Crippen molar-refractivity contribution in [2.75, 3.05) is 11.1 Å². The van der Waals surface area contributed by atoms with E-state index in [2.05, 4.69) is 27.3 Å². The fraction of sp³-hybridized carbons (Fsp3) is 0.0714. The number of anilines is 3. The quantitative estimate of drug-likeness (QED) is 0.790. The van der Waals surface area contributed by atoms with Crippen LogP contribution >= 0.6 is 27.5 Å². The second-order valence-corrected chi connectivity index (χ2v) is 5.38. The van der Waals surface area contributed by atoms with Gasteiger partial charge in [0, 0.05) is 15.8 Å². The van der Waals surface area contributed by atoms with E-state index < -0.39 is 5.82 Å². The number of nitriles is 1. The van der Waals surface area contributed by atoms with Crippen molar-refractivity contribution in [2.24, 2.45) is 0 Å². The zero-order valence-corrected chi connectivity index (χ0v) is 12.6. The average molecular weight is 355 g/mol. The maximum Gasteiger partial charge on any atom is 0.125 e. The largest absolute Gasteiger partial charge is 0.398 e. The number of benzene rings is 2. The van der Waals surface area contributed by atoms with E-state index in [9.17, 15) is 4.39 Å². The Labute approximate surface area is 129 Å². The average Bonchev–Trinajstić information content (AvgIpc) is 2.37. The lowest BCUT2D eigenvalue weighted by Crippen LogP contribution is -1.98. The summed E-state index contributed by atoms with van der Waals surface area (Å²) in [5.41, 5.74) is 8.35. The van der Waals surface area contributed by atoms with Crippen LogP contribution in [0.1, 0.15) is 5.56 Å². The van der Waals surface area contributed by atoms with Crippen LogP contribution in [0.2, 0.25) is 5.02 Å². The lowest BCUT2D eigenvalue weighted by molar-refractivity contribution is 0.627. The third kappa shape index (κ3) is 3.21. The second-order valence-electron chi connectivity index (χ2n) is 4.12. The normalized spacial score (nSPS) is 10.1. The van der Waals surface area contributed by atoms with Crippen LogP contribution in [0.4, 0.5) is 21.5 Å². The van der Waals surface area contributed by atoms with Gasteiger partial charge in [0.1, 0.15) is 5.82 Å². The van der Waals surface area contributed by atoms with E-state index in [1.165, 1.54) is 12.1 Å². The Hall–Kier alpha value is -1.77. The van der Waals surface area contributed by atoms with Gasteiger partial charge in [-0.1, -0.05) is 11.6 Å². The zero-order valence-electron chi connectivity index (χ0n) is 10.3. The van der Waals surface area contributed by atoms with Crippen molar-refractivity contribution in [3.8, 4) is 6.07 Å². The van der Waals surface area contributed by atoms with Gasteiger partial charge in [-0.3, -0.25) is 0 Å². The molecule has 3 N–H and O–H groups in total. The topological polar surface area (TPSA) is 61.8 Å². The van der Waals surface area contributed by atoms with Crippen LogP contribution in [0, 0.1) is 17.1 Å². The summed E-state index contributed by atoms with van der Waals surface area (Å²) in [6, 6.07) is 9.84. The molecule has 0 heterocycles. The highest BCUT2D eigenvalue weighted by Crippen LogP contribution is 2.34. The maximum atomic E-state index is 13.2. The molecule has 0 aliphatic carbocycles. The van der Waals surface area contributed by atoms with Crippen LogP contribution in [-0.2, 0) is 6.42 Å². The van der Waals surface area contributed by atoms with Gasteiger partial charge in [-0.15, -0.1) is 0 Å². The van der Waals surface area contributed by atoms with Crippen LogP contribution in [0.3, 0.4) is 0 Å². The molecule has 0 fully saturated rings. The van der Waals surface area contributed by atoms with Gasteiger partial charge in [-0.25, -0.2) is 4.39 Å². The molecule has 2 rings (SSSR count). The van der Waals surface area contributed by atoms with Gasteiger partial charge < -0.3 is 11.1 Å². The molecule has 0 unspecified atom stereocenters. The lowest BCUT2D eigenvalue weighted by atomic mass is 10.1. The van der Waals surface area contributed by atoms with Crippen molar-refractivity contribution in [1.29, 1.82) is 5.26 Å². The highest BCUT2D eigenvalue weighted by atomic mass is 79.9. The minimum absolute atomic E-state index is 0.222. The van der Waals surface area contributed by atoms with Crippen LogP contribution in [0.5, 0.6) is 0 Å². The lowest BCUT2D eigenvalue weighted by Gasteiger charge is -2.12. The minimum Gasteiger partial charge on any atom is -0.398 e. The van der Waals surface area contributed by atoms with Crippen molar-refractivity contribution in [2.45, 2.75) is 6.42 Å². The van der Waals surface area contributed by atoms with Gasteiger partial charge in [0.05, 0.1) is 23.2 Å². The minimum atomic E-state index is -0.421. The van der Waals surface area contributed by atoms with E-state index >= 15 is 0 Å². The van der Waals surface area contributed by atoms with E-state index in [0.717, 1.165) is 11.3 Å². The number of nitrogens with one attached hydrogen (secondary N) is 1. The molecule has 2 aromatic carbocycles. The highest BCUT2D eigenvalue weighted by Gasteiger charge is 2.09. The van der Waals surface area contributed by atoms with E-state index in [1.807, 2.05) is 0 Å². The second kappa shape index (κ2) is 6.12. The first kappa shape index (κ1) is 14.6. The molecular weight excluding hydrogens is 345 g/mol. The Kier molecular flexibility index (Phi) is 4.48. The highest BCUT2D eigenvalue weighted by molar-refractivity contribution is 9.10. The number of rotatable bonds is 3. The molecule has 2 aromatic rings. The summed E-state index contributed by atoms with van der Waals surface area (Å²) < 4.78 is 13.7. The molecule has 0 amide bonds. The Morgan fingerprint density at radius 2 is 2.10 bits per heavy atom. The van der Waals surface area contributed by atoms with E-state index in [-0.39, 0.29) is 11.4 Å². The van der Waals surface area contributed by atoms with E-state index in [0.29, 0.717) is 15.8 Å². The van der Waals surface area contributed by atoms with Gasteiger partial charge >= 0.3 is 0 Å². The van der Waals surface area contributed by atoms with E-state index in [1.54, 1.807) is 18.2 Å². The molecule has 20 heavy (non-hydrogen) atoms. The number of nitrogen functional groups attached to an aromatic ring is 1. The Bertz CT molecular complexity index is 674. The SMILES string of the molecule is N#CCc1cc(Nc2c(Cl)cc(F)cc2Br)ccc1N. The number of nitrogens with two attached hydrogens (primary N) is 1. The molecule has 0 aliphatic rings. The van der Waals surface area contributed by atoms with Crippen LogP contribution in [0.25, 0.3) is 0 Å². The molecule has 102 valence electrons. The summed E-state index contributed by atoms with van der Waals surface area (Å²) in [6.07, 6.45) is 0.222. The Morgan fingerprint density at radius 1 is 1.35 bits per heavy atom. The predicted molar refractivity (Wildman–Crippen MR) is 82.6 cm³/mol. The van der Waals surface area contributed by atoms with Gasteiger partial charge in [-0.05, 0) is 51.8 Å². The summed E-state index contributed by atoms with van der Waals surface area (Å²) in [5, 5.41) is 12.1. The standard InChI is InChI=1S/C14H10BrClFN3/c15-11-6-9(17)7-12(16)14(11)20-10-1-2-13(19)8(5-10)3-4-18/h1-2,5-7,20H,3,19H2. The molecule has 0 atom stereocenters. The molecular formula is C14H10BrClFN3. The van der Waals surface area contributed by atoms with Crippen LogP contribution in [-0.4, -0.2) is 0 Å². The first-order valence-corrected chi connectivity index (χ1v) is 6.85. The first-order chi connectivity index (χ1) is 9.51. The van der Waals surface area contributed by atoms with Crippen LogP contribution < -0.4 is 11.1 Å². The monoisotopic (exact) mass is 353 g/mol. The number of nitrogens with zero attached hydrogens (tertiary/aromatic N) is 1. The molecule has 0 saturated carbocycles. The summed E-state index contributed by atoms with van der Waals surface area (Å²) in [4.78, 5) is 0. The molecule has 0 saturated heterocycles. The predicted octanol–water partition coefficient (Wildman–Crippen LogP) is 4.63. The molecule has 0 bridgehead atoms. The first-order valence-electron chi connectivity index (χ1n) is 5.68. The summed E-state index contributed by atoms with van der Waals surface area (Å²) >= 11 is 9.26. The molecule has 0 aromatic heterocycles. The molecule has 0 aliphatic heterocycles. The third-order valence-electron chi connectivity index (χ3n) is 2.69. The molecule has 0 spiro atoms. The van der Waals surface area contributed by atoms with Gasteiger partial charge in [0.2, 0.25) is 0 Å². The Morgan fingerprint density at radius 3 is 2.75 bits per heavy atom. The molecule has 6 heteroatoms. The fourth-order valence-corrected chi connectivity index (χ4v) is 2.63. The number of hydrogen-bond acceptors (Lipinski definition) is 3. The van der Waals surface area contributed by atoms with Gasteiger partial charge in [0.25, 0.3) is 0 Å². The van der Waals surface area contributed by atoms with Crippen molar-refractivity contribution in [3.63, 3.8) is 0 Å². The smallest absolute Gasteiger partial charge is 0.125 e. The van der Waals surface area contributed by atoms with Crippen molar-refractivity contribution < 1.29 is 4.39 Å².